The van der Waals surface area contributed by atoms with Crippen molar-refractivity contribution >= 4 is 23.6 Å². The minimum atomic E-state index is -0.485. The fourth-order valence-corrected chi connectivity index (χ4v) is 4.03. The largest absolute Gasteiger partial charge is 0.350 e. The Morgan fingerprint density at radius 1 is 1.03 bits per heavy atom. The molecule has 4 nitrogen and oxygen atoms in total. The summed E-state index contributed by atoms with van der Waals surface area (Å²) in [6, 6.07) is 17.7. The fourth-order valence-electron chi connectivity index (χ4n) is 3.19. The molecule has 0 saturated carbocycles. The Bertz CT molecular complexity index is 813. The number of thioether (sulfide) groups is 1. The summed E-state index contributed by atoms with van der Waals surface area (Å²) in [4.78, 5) is 29.0. The van der Waals surface area contributed by atoms with E-state index in [0.29, 0.717) is 25.1 Å². The maximum atomic E-state index is 13.2. The Morgan fingerprint density at radius 3 is 2.23 bits per heavy atom. The van der Waals surface area contributed by atoms with Crippen LogP contribution in [0.5, 0.6) is 0 Å². The molecule has 0 unspecified atom stereocenters. The van der Waals surface area contributed by atoms with E-state index in [1.807, 2.05) is 58.0 Å². The molecule has 0 saturated heterocycles. The lowest BCUT2D eigenvalue weighted by molar-refractivity contribution is -0.141. The minimum Gasteiger partial charge on any atom is -0.350 e. The van der Waals surface area contributed by atoms with Gasteiger partial charge in [0.05, 0.1) is 0 Å². The fraction of sp³-hybridized carbons (Fsp3) is 0.440. The van der Waals surface area contributed by atoms with E-state index in [-0.39, 0.29) is 17.4 Å². The van der Waals surface area contributed by atoms with Crippen LogP contribution in [0.3, 0.4) is 0 Å². The highest BCUT2D eigenvalue weighted by atomic mass is 32.2. The maximum absolute atomic E-state index is 13.2. The number of hydrogen-bond acceptors (Lipinski definition) is 3. The molecule has 0 bridgehead atoms. The average molecular weight is 427 g/mol. The molecular formula is C25H34N2O2S. The van der Waals surface area contributed by atoms with Crippen molar-refractivity contribution in [1.29, 1.82) is 0 Å². The lowest BCUT2D eigenvalue weighted by Crippen LogP contribution is -2.53. The van der Waals surface area contributed by atoms with Crippen LogP contribution >= 0.6 is 11.8 Å². The molecule has 2 rings (SSSR count). The van der Waals surface area contributed by atoms with Gasteiger partial charge in [-0.15, -0.1) is 11.8 Å². The van der Waals surface area contributed by atoms with Gasteiger partial charge in [-0.25, -0.2) is 0 Å². The number of hydrogen-bond donors (Lipinski definition) is 1. The van der Waals surface area contributed by atoms with Crippen LogP contribution in [0.2, 0.25) is 0 Å². The second-order valence-electron chi connectivity index (χ2n) is 8.58. The zero-order chi connectivity index (χ0) is 22.1. The zero-order valence-corrected chi connectivity index (χ0v) is 19.6. The van der Waals surface area contributed by atoms with Crippen molar-refractivity contribution < 1.29 is 9.59 Å². The highest BCUT2D eigenvalue weighted by Gasteiger charge is 2.30. The summed E-state index contributed by atoms with van der Waals surface area (Å²) in [5.41, 5.74) is 1.91. The maximum Gasteiger partial charge on any atom is 0.243 e. The first kappa shape index (κ1) is 24.0. The van der Waals surface area contributed by atoms with Crippen LogP contribution in [-0.4, -0.2) is 34.0 Å². The molecule has 0 fully saturated rings. The van der Waals surface area contributed by atoms with Gasteiger partial charge in [-0.2, -0.15) is 0 Å². The highest BCUT2D eigenvalue weighted by Crippen LogP contribution is 2.21. The SMILES string of the molecule is CC[C@@H](C(=O)NC(C)(C)C)N(Cc1ccccc1)C(=O)CCSc1ccc(C)cc1. The monoisotopic (exact) mass is 426 g/mol. The third-order valence-corrected chi connectivity index (χ3v) is 5.70. The third kappa shape index (κ3) is 7.86. The summed E-state index contributed by atoms with van der Waals surface area (Å²) in [6.45, 7) is 10.3. The van der Waals surface area contributed by atoms with Crippen molar-refractivity contribution in [3.8, 4) is 0 Å². The minimum absolute atomic E-state index is 0.00868. The van der Waals surface area contributed by atoms with Crippen molar-refractivity contribution in [1.82, 2.24) is 10.2 Å². The van der Waals surface area contributed by atoms with Crippen LogP contribution in [-0.2, 0) is 16.1 Å². The molecule has 0 aliphatic heterocycles. The van der Waals surface area contributed by atoms with E-state index in [1.165, 1.54) is 5.56 Å². The van der Waals surface area contributed by atoms with Crippen LogP contribution in [0.4, 0.5) is 0 Å². The number of carbonyl (C=O) groups is 2. The van der Waals surface area contributed by atoms with Crippen molar-refractivity contribution in [2.24, 2.45) is 0 Å². The lowest BCUT2D eigenvalue weighted by atomic mass is 10.1. The van der Waals surface area contributed by atoms with E-state index in [2.05, 4.69) is 36.5 Å². The van der Waals surface area contributed by atoms with Gasteiger partial charge in [-0.3, -0.25) is 9.59 Å². The quantitative estimate of drug-likeness (QED) is 0.561. The first-order valence-corrected chi connectivity index (χ1v) is 11.5. The van der Waals surface area contributed by atoms with E-state index < -0.39 is 6.04 Å². The van der Waals surface area contributed by atoms with E-state index in [0.717, 1.165) is 10.5 Å². The molecule has 2 aromatic rings. The van der Waals surface area contributed by atoms with E-state index in [1.54, 1.807) is 16.7 Å². The number of rotatable bonds is 9. The number of amides is 2. The van der Waals surface area contributed by atoms with Crippen LogP contribution in [0.15, 0.2) is 59.5 Å². The van der Waals surface area contributed by atoms with Gasteiger partial charge >= 0.3 is 0 Å². The van der Waals surface area contributed by atoms with Gasteiger partial charge < -0.3 is 10.2 Å². The number of carbonyl (C=O) groups excluding carboxylic acids is 2. The average Bonchev–Trinajstić information content (AvgIpc) is 2.68. The summed E-state index contributed by atoms with van der Waals surface area (Å²) in [5, 5.41) is 3.04. The Hall–Kier alpha value is -2.27. The standard InChI is InChI=1S/C25H34N2O2S/c1-6-22(24(29)26-25(3,4)5)27(18-20-10-8-7-9-11-20)23(28)16-17-30-21-14-12-19(2)13-15-21/h7-15,22H,6,16-18H2,1-5H3,(H,26,29)/t22-/m0/s1. The molecule has 1 atom stereocenters. The van der Waals surface area contributed by atoms with Gasteiger partial charge in [-0.1, -0.05) is 55.0 Å². The predicted molar refractivity (Wildman–Crippen MR) is 125 cm³/mol. The summed E-state index contributed by atoms with van der Waals surface area (Å²) >= 11 is 1.67. The molecule has 0 spiro atoms. The van der Waals surface area contributed by atoms with E-state index in [9.17, 15) is 9.59 Å². The van der Waals surface area contributed by atoms with Gasteiger partial charge in [0, 0.05) is 29.2 Å². The normalized spacial score (nSPS) is 12.3. The second-order valence-corrected chi connectivity index (χ2v) is 9.75. The number of nitrogens with zero attached hydrogens (tertiary/aromatic N) is 1. The molecule has 2 aromatic carbocycles. The van der Waals surface area contributed by atoms with Crippen LogP contribution in [0, 0.1) is 6.92 Å². The number of benzene rings is 2. The molecule has 0 aliphatic rings. The predicted octanol–water partition coefficient (Wildman–Crippen LogP) is 5.20. The van der Waals surface area contributed by atoms with Crippen LogP contribution in [0.25, 0.3) is 0 Å². The molecule has 0 aromatic heterocycles. The van der Waals surface area contributed by atoms with E-state index >= 15 is 0 Å². The second kappa shape index (κ2) is 11.2. The first-order valence-electron chi connectivity index (χ1n) is 10.5. The van der Waals surface area contributed by atoms with Gasteiger partial charge in [0.2, 0.25) is 11.8 Å². The van der Waals surface area contributed by atoms with E-state index in [4.69, 9.17) is 0 Å². The van der Waals surface area contributed by atoms with Crippen LogP contribution < -0.4 is 5.32 Å². The summed E-state index contributed by atoms with van der Waals surface area (Å²) in [7, 11) is 0. The summed E-state index contributed by atoms with van der Waals surface area (Å²) < 4.78 is 0. The molecule has 0 radical (unpaired) electrons. The topological polar surface area (TPSA) is 49.4 Å². The number of aryl methyl sites for hydroxylation is 1. The van der Waals surface area contributed by atoms with Crippen LogP contribution in [0.1, 0.15) is 51.7 Å². The van der Waals surface area contributed by atoms with Gasteiger partial charge in [0.1, 0.15) is 6.04 Å². The van der Waals surface area contributed by atoms with Gasteiger partial charge in [-0.05, 0) is 51.8 Å². The molecule has 0 heterocycles. The van der Waals surface area contributed by atoms with Crippen molar-refractivity contribution in [3.05, 3.63) is 65.7 Å². The zero-order valence-electron chi connectivity index (χ0n) is 18.8. The molecule has 0 aliphatic carbocycles. The summed E-state index contributed by atoms with van der Waals surface area (Å²) in [5.74, 6) is 0.597. The van der Waals surface area contributed by atoms with Crippen molar-refractivity contribution in [2.45, 2.75) is 70.5 Å². The Morgan fingerprint density at radius 2 is 1.67 bits per heavy atom. The Kier molecular flexibility index (Phi) is 8.97. The molecule has 1 N–H and O–H groups in total. The highest BCUT2D eigenvalue weighted by molar-refractivity contribution is 7.99. The Labute approximate surface area is 185 Å². The molecular weight excluding hydrogens is 392 g/mol. The summed E-state index contributed by atoms with van der Waals surface area (Å²) in [6.07, 6.45) is 0.969. The molecule has 2 amide bonds. The van der Waals surface area contributed by atoms with Crippen molar-refractivity contribution in [2.75, 3.05) is 5.75 Å². The smallest absolute Gasteiger partial charge is 0.243 e. The molecule has 5 heteroatoms. The van der Waals surface area contributed by atoms with Crippen molar-refractivity contribution in [3.63, 3.8) is 0 Å². The Balaban J connectivity index is 2.11. The van der Waals surface area contributed by atoms with Gasteiger partial charge in [0.25, 0.3) is 0 Å². The third-order valence-electron chi connectivity index (χ3n) is 4.69. The molecule has 162 valence electrons. The number of nitrogens with one attached hydrogen (secondary N) is 1. The first-order chi connectivity index (χ1) is 14.2. The van der Waals surface area contributed by atoms with Gasteiger partial charge in [0.15, 0.2) is 0 Å². The molecule has 30 heavy (non-hydrogen) atoms. The lowest BCUT2D eigenvalue weighted by Gasteiger charge is -2.33.